The van der Waals surface area contributed by atoms with Crippen LogP contribution in [0.3, 0.4) is 0 Å². The van der Waals surface area contributed by atoms with Crippen molar-refractivity contribution in [1.29, 1.82) is 0 Å². The molecule has 110 valence electrons. The first kappa shape index (κ1) is 16.4. The Morgan fingerprint density at radius 2 is 2.15 bits per heavy atom. The Kier molecular flexibility index (Phi) is 5.88. The zero-order chi connectivity index (χ0) is 15.3. The maximum Gasteiger partial charge on any atom is 0.260 e. The van der Waals surface area contributed by atoms with E-state index in [2.05, 4.69) is 5.32 Å². The second-order valence-corrected chi connectivity index (χ2v) is 5.03. The van der Waals surface area contributed by atoms with Gasteiger partial charge in [-0.05, 0) is 38.5 Å². The summed E-state index contributed by atoms with van der Waals surface area (Å²) in [6.07, 6.45) is 0.0318. The van der Waals surface area contributed by atoms with Crippen LogP contribution in [-0.2, 0) is 4.79 Å². The monoisotopic (exact) mass is 298 g/mol. The summed E-state index contributed by atoms with van der Waals surface area (Å²) in [5.74, 6) is -0.882. The average molecular weight is 298 g/mol. The number of hydrogen-bond donors (Lipinski definition) is 2. The van der Waals surface area contributed by atoms with Crippen LogP contribution in [0.25, 0.3) is 0 Å². The predicted octanol–water partition coefficient (Wildman–Crippen LogP) is 2.14. The Morgan fingerprint density at radius 3 is 2.65 bits per heavy atom. The van der Waals surface area contributed by atoms with Gasteiger partial charge in [0.05, 0.1) is 0 Å². The van der Waals surface area contributed by atoms with Crippen LogP contribution in [0.5, 0.6) is 5.75 Å². The highest BCUT2D eigenvalue weighted by atomic mass is 32.1. The van der Waals surface area contributed by atoms with Gasteiger partial charge in [0, 0.05) is 11.6 Å². The SMILES string of the molecule is CCC(C)NC(=O)C(C)Oc1ccc(C(N)=S)cc1F. The quantitative estimate of drug-likeness (QED) is 0.790. The van der Waals surface area contributed by atoms with Gasteiger partial charge < -0.3 is 15.8 Å². The Labute approximate surface area is 123 Å². The number of nitrogens with one attached hydrogen (secondary N) is 1. The van der Waals surface area contributed by atoms with Crippen LogP contribution in [0, 0.1) is 5.82 Å². The number of carbonyl (C=O) groups is 1. The normalized spacial score (nSPS) is 13.4. The highest BCUT2D eigenvalue weighted by Gasteiger charge is 2.18. The molecule has 0 spiro atoms. The average Bonchev–Trinajstić information content (AvgIpc) is 2.40. The van der Waals surface area contributed by atoms with Gasteiger partial charge >= 0.3 is 0 Å². The second-order valence-electron chi connectivity index (χ2n) is 4.59. The van der Waals surface area contributed by atoms with Gasteiger partial charge in [0.15, 0.2) is 17.7 Å². The maximum absolute atomic E-state index is 13.8. The van der Waals surface area contributed by atoms with Crippen LogP contribution in [0.1, 0.15) is 32.8 Å². The molecule has 0 aliphatic rings. The van der Waals surface area contributed by atoms with Crippen LogP contribution in [0.15, 0.2) is 18.2 Å². The van der Waals surface area contributed by atoms with Gasteiger partial charge in [0.1, 0.15) is 4.99 Å². The minimum atomic E-state index is -0.783. The zero-order valence-electron chi connectivity index (χ0n) is 11.8. The summed E-state index contributed by atoms with van der Waals surface area (Å²) in [4.78, 5) is 11.9. The number of carbonyl (C=O) groups excluding carboxylic acids is 1. The Morgan fingerprint density at radius 1 is 1.50 bits per heavy atom. The lowest BCUT2D eigenvalue weighted by Crippen LogP contribution is -2.41. The molecule has 0 saturated heterocycles. The molecule has 2 unspecified atom stereocenters. The summed E-state index contributed by atoms with van der Waals surface area (Å²) in [7, 11) is 0. The molecule has 2 atom stereocenters. The minimum absolute atomic E-state index is 0.00296. The van der Waals surface area contributed by atoms with Crippen LogP contribution >= 0.6 is 12.2 Å². The number of amides is 1. The number of thiocarbonyl (C=S) groups is 1. The van der Waals surface area contributed by atoms with Crippen molar-refractivity contribution in [3.05, 3.63) is 29.6 Å². The van der Waals surface area contributed by atoms with E-state index < -0.39 is 11.9 Å². The standard InChI is InChI=1S/C14H19FN2O2S/c1-4-8(2)17-14(18)9(3)19-12-6-5-10(13(16)20)7-11(12)15/h5-9H,4H2,1-3H3,(H2,16,20)(H,17,18). The van der Waals surface area contributed by atoms with Gasteiger partial charge in [-0.2, -0.15) is 0 Å². The van der Waals surface area contributed by atoms with Crippen molar-refractivity contribution in [3.63, 3.8) is 0 Å². The van der Waals surface area contributed by atoms with E-state index in [9.17, 15) is 9.18 Å². The summed E-state index contributed by atoms with van der Waals surface area (Å²) in [6, 6.07) is 4.21. The number of ether oxygens (including phenoxy) is 1. The molecule has 0 aliphatic heterocycles. The summed E-state index contributed by atoms with van der Waals surface area (Å²) in [6.45, 7) is 5.42. The molecule has 1 aromatic rings. The lowest BCUT2D eigenvalue weighted by atomic mass is 10.2. The highest BCUT2D eigenvalue weighted by molar-refractivity contribution is 7.80. The van der Waals surface area contributed by atoms with Crippen LogP contribution < -0.4 is 15.8 Å². The van der Waals surface area contributed by atoms with Crippen LogP contribution in [0.2, 0.25) is 0 Å². The van der Waals surface area contributed by atoms with E-state index >= 15 is 0 Å². The summed E-state index contributed by atoms with van der Waals surface area (Å²) in [5, 5.41) is 2.77. The van der Waals surface area contributed by atoms with Crippen molar-refractivity contribution in [2.45, 2.75) is 39.3 Å². The minimum Gasteiger partial charge on any atom is -0.478 e. The molecule has 6 heteroatoms. The van der Waals surface area contributed by atoms with E-state index in [1.807, 2.05) is 13.8 Å². The third-order valence-electron chi connectivity index (χ3n) is 2.89. The number of halogens is 1. The van der Waals surface area contributed by atoms with Crippen LogP contribution in [-0.4, -0.2) is 23.0 Å². The molecule has 0 saturated carbocycles. The molecule has 0 heterocycles. The molecular weight excluding hydrogens is 279 g/mol. The molecule has 1 amide bonds. The first-order valence-electron chi connectivity index (χ1n) is 6.41. The lowest BCUT2D eigenvalue weighted by molar-refractivity contribution is -0.127. The molecule has 20 heavy (non-hydrogen) atoms. The van der Waals surface area contributed by atoms with Crippen molar-refractivity contribution in [3.8, 4) is 5.75 Å². The highest BCUT2D eigenvalue weighted by Crippen LogP contribution is 2.19. The molecule has 0 bridgehead atoms. The van der Waals surface area contributed by atoms with Gasteiger partial charge in [-0.25, -0.2) is 4.39 Å². The van der Waals surface area contributed by atoms with Gasteiger partial charge in [0.25, 0.3) is 5.91 Å². The van der Waals surface area contributed by atoms with Gasteiger partial charge in [-0.1, -0.05) is 19.1 Å². The van der Waals surface area contributed by atoms with Crippen LogP contribution in [0.4, 0.5) is 4.39 Å². The molecule has 0 aromatic heterocycles. The molecular formula is C14H19FN2O2S. The number of nitrogens with two attached hydrogens (primary N) is 1. The summed E-state index contributed by atoms with van der Waals surface area (Å²) >= 11 is 4.76. The summed E-state index contributed by atoms with van der Waals surface area (Å²) in [5.41, 5.74) is 5.83. The van der Waals surface area contributed by atoms with Gasteiger partial charge in [-0.3, -0.25) is 4.79 Å². The number of hydrogen-bond acceptors (Lipinski definition) is 3. The maximum atomic E-state index is 13.8. The van der Waals surface area contributed by atoms with Crippen molar-refractivity contribution >= 4 is 23.1 Å². The molecule has 4 nitrogen and oxygen atoms in total. The largest absolute Gasteiger partial charge is 0.478 e. The first-order valence-corrected chi connectivity index (χ1v) is 6.82. The molecule has 3 N–H and O–H groups in total. The van der Waals surface area contributed by atoms with Crippen molar-refractivity contribution < 1.29 is 13.9 Å². The Balaban J connectivity index is 2.73. The molecule has 0 aliphatic carbocycles. The van der Waals surface area contributed by atoms with E-state index in [-0.39, 0.29) is 22.7 Å². The van der Waals surface area contributed by atoms with E-state index in [4.69, 9.17) is 22.7 Å². The number of rotatable bonds is 6. The lowest BCUT2D eigenvalue weighted by Gasteiger charge is -2.18. The topological polar surface area (TPSA) is 64.3 Å². The van der Waals surface area contributed by atoms with E-state index in [0.717, 1.165) is 6.42 Å². The second kappa shape index (κ2) is 7.19. The van der Waals surface area contributed by atoms with Crippen molar-refractivity contribution in [1.82, 2.24) is 5.32 Å². The zero-order valence-corrected chi connectivity index (χ0v) is 12.6. The first-order chi connectivity index (χ1) is 9.35. The van der Waals surface area contributed by atoms with E-state index in [1.165, 1.54) is 12.1 Å². The van der Waals surface area contributed by atoms with Crippen molar-refractivity contribution in [2.24, 2.45) is 5.73 Å². The van der Waals surface area contributed by atoms with Crippen molar-refractivity contribution in [2.75, 3.05) is 0 Å². The van der Waals surface area contributed by atoms with E-state index in [0.29, 0.717) is 5.56 Å². The molecule has 0 fully saturated rings. The number of benzene rings is 1. The fourth-order valence-electron chi connectivity index (χ4n) is 1.46. The Hall–Kier alpha value is -1.69. The molecule has 0 radical (unpaired) electrons. The fraction of sp³-hybridized carbons (Fsp3) is 0.429. The Bertz CT molecular complexity index is 508. The third kappa shape index (κ3) is 4.45. The van der Waals surface area contributed by atoms with Gasteiger partial charge in [-0.15, -0.1) is 0 Å². The molecule has 1 aromatic carbocycles. The predicted molar refractivity (Wildman–Crippen MR) is 80.3 cm³/mol. The fourth-order valence-corrected chi connectivity index (χ4v) is 1.58. The smallest absolute Gasteiger partial charge is 0.260 e. The molecule has 1 rings (SSSR count). The third-order valence-corrected chi connectivity index (χ3v) is 3.13. The van der Waals surface area contributed by atoms with Gasteiger partial charge in [0.2, 0.25) is 0 Å². The summed E-state index contributed by atoms with van der Waals surface area (Å²) < 4.78 is 19.1. The van der Waals surface area contributed by atoms with E-state index in [1.54, 1.807) is 13.0 Å².